The molecule has 1 spiro atoms. The minimum Gasteiger partial charge on any atom is -0.392 e. The van der Waals surface area contributed by atoms with E-state index < -0.39 is 0 Å². The summed E-state index contributed by atoms with van der Waals surface area (Å²) >= 11 is 6.33. The second-order valence-electron chi connectivity index (χ2n) is 7.83. The molecule has 2 aliphatic heterocycles. The number of rotatable bonds is 6. The van der Waals surface area contributed by atoms with Gasteiger partial charge in [0.05, 0.1) is 19.1 Å². The van der Waals surface area contributed by atoms with Gasteiger partial charge in [-0.3, -0.25) is 9.69 Å². The van der Waals surface area contributed by atoms with Crippen molar-refractivity contribution < 1.29 is 14.6 Å². The number of halogens is 1. The SMILES string of the molecule is CCOCCC(=O)N1CCC[C@@]2(CN(Cc3ccccc3Cl)CC[C@H]2O)C1. The van der Waals surface area contributed by atoms with E-state index in [2.05, 4.69) is 11.0 Å². The van der Waals surface area contributed by atoms with Crippen molar-refractivity contribution in [3.8, 4) is 0 Å². The molecule has 1 amide bonds. The highest BCUT2D eigenvalue weighted by molar-refractivity contribution is 6.31. The van der Waals surface area contributed by atoms with Crippen LogP contribution in [0.3, 0.4) is 0 Å². The molecule has 2 aliphatic rings. The number of nitrogens with zero attached hydrogens (tertiary/aromatic N) is 2. The highest BCUT2D eigenvalue weighted by atomic mass is 35.5. The number of aliphatic hydroxyl groups is 1. The summed E-state index contributed by atoms with van der Waals surface area (Å²) in [5.41, 5.74) is 0.880. The zero-order chi connectivity index (χ0) is 19.3. The molecule has 6 heteroatoms. The maximum Gasteiger partial charge on any atom is 0.224 e. The number of piperidine rings is 2. The molecule has 2 saturated heterocycles. The van der Waals surface area contributed by atoms with Gasteiger partial charge in [0.25, 0.3) is 0 Å². The van der Waals surface area contributed by atoms with Crippen LogP contribution in [0.25, 0.3) is 0 Å². The van der Waals surface area contributed by atoms with Crippen molar-refractivity contribution in [2.75, 3.05) is 39.4 Å². The summed E-state index contributed by atoms with van der Waals surface area (Å²) in [4.78, 5) is 16.9. The van der Waals surface area contributed by atoms with E-state index in [9.17, 15) is 9.90 Å². The van der Waals surface area contributed by atoms with Crippen LogP contribution < -0.4 is 0 Å². The third-order valence-corrected chi connectivity index (χ3v) is 6.31. The smallest absolute Gasteiger partial charge is 0.224 e. The minimum absolute atomic E-state index is 0.137. The molecule has 0 aliphatic carbocycles. The Balaban J connectivity index is 1.65. The van der Waals surface area contributed by atoms with Crippen molar-refractivity contribution in [1.82, 2.24) is 9.80 Å². The molecule has 150 valence electrons. The van der Waals surface area contributed by atoms with Crippen molar-refractivity contribution >= 4 is 17.5 Å². The molecule has 2 fully saturated rings. The zero-order valence-corrected chi connectivity index (χ0v) is 17.0. The fourth-order valence-corrected chi connectivity index (χ4v) is 4.67. The molecule has 0 unspecified atom stereocenters. The number of ether oxygens (including phenoxy) is 1. The van der Waals surface area contributed by atoms with E-state index in [-0.39, 0.29) is 17.4 Å². The predicted octanol–water partition coefficient (Wildman–Crippen LogP) is 2.94. The Hall–Kier alpha value is -1.14. The second-order valence-corrected chi connectivity index (χ2v) is 8.24. The molecule has 5 nitrogen and oxygen atoms in total. The lowest BCUT2D eigenvalue weighted by Gasteiger charge is -2.51. The monoisotopic (exact) mass is 394 g/mol. The van der Waals surface area contributed by atoms with Gasteiger partial charge in [0, 0.05) is 49.8 Å². The van der Waals surface area contributed by atoms with Crippen molar-refractivity contribution in [2.24, 2.45) is 5.41 Å². The van der Waals surface area contributed by atoms with Crippen molar-refractivity contribution in [2.45, 2.75) is 45.3 Å². The van der Waals surface area contributed by atoms with Gasteiger partial charge >= 0.3 is 0 Å². The second kappa shape index (κ2) is 9.37. The Morgan fingerprint density at radius 3 is 2.93 bits per heavy atom. The van der Waals surface area contributed by atoms with E-state index in [0.717, 1.165) is 56.0 Å². The summed E-state index contributed by atoms with van der Waals surface area (Å²) in [5.74, 6) is 0.137. The fourth-order valence-electron chi connectivity index (χ4n) is 4.48. The standard InChI is InChI=1S/C21H31ClN2O3/c1-2-27-13-9-20(26)24-11-5-10-21(16-24)15-23(12-8-19(21)25)14-17-6-3-4-7-18(17)22/h3-4,6-7,19,25H,2,5,8-16H2,1H3/t19-,21-/m1/s1. The summed E-state index contributed by atoms with van der Waals surface area (Å²) in [5, 5.41) is 11.6. The number of hydrogen-bond acceptors (Lipinski definition) is 4. The van der Waals surface area contributed by atoms with Gasteiger partial charge in [-0.2, -0.15) is 0 Å². The van der Waals surface area contributed by atoms with Gasteiger partial charge in [0.15, 0.2) is 0 Å². The van der Waals surface area contributed by atoms with Crippen molar-refractivity contribution in [3.63, 3.8) is 0 Å². The number of amides is 1. The molecule has 1 aromatic carbocycles. The third-order valence-electron chi connectivity index (χ3n) is 5.94. The van der Waals surface area contributed by atoms with E-state index in [1.807, 2.05) is 30.0 Å². The average molecular weight is 395 g/mol. The van der Waals surface area contributed by atoms with Crippen LogP contribution in [0, 0.1) is 5.41 Å². The molecule has 1 N–H and O–H groups in total. The van der Waals surface area contributed by atoms with E-state index in [1.54, 1.807) is 0 Å². The Kier molecular flexibility index (Phi) is 7.15. The quantitative estimate of drug-likeness (QED) is 0.754. The number of aliphatic hydroxyl groups excluding tert-OH is 1. The lowest BCUT2D eigenvalue weighted by Crippen LogP contribution is -2.59. The molecular formula is C21H31ClN2O3. The van der Waals surface area contributed by atoms with Gasteiger partial charge in [-0.25, -0.2) is 0 Å². The molecular weight excluding hydrogens is 364 g/mol. The van der Waals surface area contributed by atoms with Gasteiger partial charge in [-0.1, -0.05) is 29.8 Å². The lowest BCUT2D eigenvalue weighted by molar-refractivity contribution is -0.142. The van der Waals surface area contributed by atoms with Gasteiger partial charge in [0.2, 0.25) is 5.91 Å². The summed E-state index contributed by atoms with van der Waals surface area (Å²) in [6, 6.07) is 7.94. The van der Waals surface area contributed by atoms with E-state index >= 15 is 0 Å². The number of carbonyl (C=O) groups is 1. The minimum atomic E-state index is -0.359. The van der Waals surface area contributed by atoms with E-state index in [4.69, 9.17) is 16.3 Å². The highest BCUT2D eigenvalue weighted by Crippen LogP contribution is 2.39. The lowest BCUT2D eigenvalue weighted by atomic mass is 9.71. The molecule has 2 atom stereocenters. The Bertz CT molecular complexity index is 642. The van der Waals surface area contributed by atoms with Gasteiger partial charge < -0.3 is 14.7 Å². The molecule has 0 aromatic heterocycles. The van der Waals surface area contributed by atoms with Gasteiger partial charge in [-0.15, -0.1) is 0 Å². The zero-order valence-electron chi connectivity index (χ0n) is 16.2. The van der Waals surface area contributed by atoms with Crippen LogP contribution >= 0.6 is 11.6 Å². The van der Waals surface area contributed by atoms with Crippen LogP contribution in [-0.4, -0.2) is 66.3 Å². The first-order valence-corrected chi connectivity index (χ1v) is 10.4. The number of hydrogen-bond donors (Lipinski definition) is 1. The van der Waals surface area contributed by atoms with Crippen molar-refractivity contribution in [3.05, 3.63) is 34.9 Å². The van der Waals surface area contributed by atoms with Crippen LogP contribution in [0.5, 0.6) is 0 Å². The molecule has 27 heavy (non-hydrogen) atoms. The third kappa shape index (κ3) is 5.02. The fraction of sp³-hybridized carbons (Fsp3) is 0.667. The van der Waals surface area contributed by atoms with E-state index in [1.165, 1.54) is 0 Å². The summed E-state index contributed by atoms with van der Waals surface area (Å²) in [6.07, 6.45) is 2.71. The number of likely N-dealkylation sites (tertiary alicyclic amines) is 2. The summed E-state index contributed by atoms with van der Waals surface area (Å²) in [6.45, 7) is 6.90. The van der Waals surface area contributed by atoms with Crippen LogP contribution in [0.2, 0.25) is 5.02 Å². The summed E-state index contributed by atoms with van der Waals surface area (Å²) < 4.78 is 5.33. The molecule has 0 radical (unpaired) electrons. The van der Waals surface area contributed by atoms with Crippen molar-refractivity contribution in [1.29, 1.82) is 0 Å². The van der Waals surface area contributed by atoms with Crippen LogP contribution in [0.15, 0.2) is 24.3 Å². The Morgan fingerprint density at radius 1 is 1.33 bits per heavy atom. The average Bonchev–Trinajstić information content (AvgIpc) is 2.67. The number of carbonyl (C=O) groups excluding carboxylic acids is 1. The first kappa shape index (κ1) is 20.6. The summed E-state index contributed by atoms with van der Waals surface area (Å²) in [7, 11) is 0. The topological polar surface area (TPSA) is 53.0 Å². The molecule has 1 aromatic rings. The normalized spacial score (nSPS) is 26.5. The molecule has 2 heterocycles. The first-order chi connectivity index (χ1) is 13.0. The molecule has 0 saturated carbocycles. The largest absolute Gasteiger partial charge is 0.392 e. The van der Waals surface area contributed by atoms with Gasteiger partial charge in [0.1, 0.15) is 0 Å². The van der Waals surface area contributed by atoms with E-state index in [0.29, 0.717) is 26.2 Å². The van der Waals surface area contributed by atoms with Crippen LogP contribution in [0.4, 0.5) is 0 Å². The maximum atomic E-state index is 12.6. The maximum absolute atomic E-state index is 12.6. The predicted molar refractivity (Wildman–Crippen MR) is 107 cm³/mol. The Labute approximate surface area is 167 Å². The molecule has 3 rings (SSSR count). The first-order valence-electron chi connectivity index (χ1n) is 10.0. The molecule has 0 bridgehead atoms. The van der Waals surface area contributed by atoms with Crippen LogP contribution in [0.1, 0.15) is 38.2 Å². The number of benzene rings is 1. The van der Waals surface area contributed by atoms with Crippen LogP contribution in [-0.2, 0) is 16.1 Å². The Morgan fingerprint density at radius 2 is 2.15 bits per heavy atom. The highest BCUT2D eigenvalue weighted by Gasteiger charge is 2.46. The van der Waals surface area contributed by atoms with Gasteiger partial charge in [-0.05, 0) is 37.8 Å².